The second-order valence-corrected chi connectivity index (χ2v) is 8.52. The first-order valence-corrected chi connectivity index (χ1v) is 11.4. The average Bonchev–Trinajstić information content (AvgIpc) is 3.02. The largest absolute Gasteiger partial charge is 0.480 e. The predicted molar refractivity (Wildman–Crippen MR) is 127 cm³/mol. The molecule has 4 amide bonds. The highest BCUT2D eigenvalue weighted by Crippen LogP contribution is 2.35. The molecular formula is C22H18Br2FN3O6. The standard InChI is InChI=1S/C22H18Br2FN3O6/c1-2-33-19(30)11-34-20-13(23)7-12(8-14(20)24)9-17-21(31)28(22(32)27-17)10-18(29)26-16-6-4-3-5-15(16)25/h3-9H,2,10-11H2,1H3,(H,26,29)(H,27,32)/b17-9+. The van der Waals surface area contributed by atoms with Crippen LogP contribution in [0.5, 0.6) is 5.75 Å². The Kier molecular flexibility index (Phi) is 8.40. The zero-order valence-corrected chi connectivity index (χ0v) is 20.9. The Bertz CT molecular complexity index is 1160. The fraction of sp³-hybridized carbons (Fsp3) is 0.182. The van der Waals surface area contributed by atoms with Crippen molar-refractivity contribution in [2.24, 2.45) is 0 Å². The normalized spacial score (nSPS) is 14.2. The number of para-hydroxylation sites is 1. The lowest BCUT2D eigenvalue weighted by molar-refractivity contribution is -0.145. The molecule has 3 rings (SSSR count). The lowest BCUT2D eigenvalue weighted by Crippen LogP contribution is -2.38. The third-order valence-electron chi connectivity index (χ3n) is 4.38. The zero-order chi connectivity index (χ0) is 24.8. The summed E-state index contributed by atoms with van der Waals surface area (Å²) in [6, 6.07) is 7.99. The Labute approximate surface area is 210 Å². The van der Waals surface area contributed by atoms with Gasteiger partial charge in [0.15, 0.2) is 6.61 Å². The lowest BCUT2D eigenvalue weighted by Gasteiger charge is -2.12. The molecule has 0 radical (unpaired) electrons. The Morgan fingerprint density at radius 1 is 1.18 bits per heavy atom. The summed E-state index contributed by atoms with van der Waals surface area (Å²) in [6.45, 7) is 1.04. The molecule has 1 aliphatic heterocycles. The summed E-state index contributed by atoms with van der Waals surface area (Å²) in [5.74, 6) is -2.26. The van der Waals surface area contributed by atoms with Crippen LogP contribution in [-0.2, 0) is 19.1 Å². The highest BCUT2D eigenvalue weighted by Gasteiger charge is 2.35. The summed E-state index contributed by atoms with van der Waals surface area (Å²) in [6.07, 6.45) is 1.42. The molecule has 0 spiro atoms. The highest BCUT2D eigenvalue weighted by atomic mass is 79.9. The number of anilines is 1. The molecule has 0 unspecified atom stereocenters. The number of urea groups is 1. The number of carbonyl (C=O) groups excluding carboxylic acids is 4. The first-order chi connectivity index (χ1) is 16.2. The highest BCUT2D eigenvalue weighted by molar-refractivity contribution is 9.11. The van der Waals surface area contributed by atoms with Gasteiger partial charge < -0.3 is 20.1 Å². The number of benzene rings is 2. The first kappa shape index (κ1) is 25.4. The van der Waals surface area contributed by atoms with Crippen molar-refractivity contribution < 1.29 is 33.0 Å². The Morgan fingerprint density at radius 2 is 1.85 bits per heavy atom. The van der Waals surface area contributed by atoms with E-state index in [9.17, 15) is 23.6 Å². The van der Waals surface area contributed by atoms with Crippen LogP contribution in [0, 0.1) is 5.82 Å². The van der Waals surface area contributed by atoms with Crippen molar-refractivity contribution in [1.82, 2.24) is 10.2 Å². The SMILES string of the molecule is CCOC(=O)COc1c(Br)cc(/C=C2/NC(=O)N(CC(=O)Nc3ccccc3F)C2=O)cc1Br. The third-order valence-corrected chi connectivity index (χ3v) is 5.56. The fourth-order valence-electron chi connectivity index (χ4n) is 2.91. The summed E-state index contributed by atoms with van der Waals surface area (Å²) < 4.78 is 25.0. The van der Waals surface area contributed by atoms with E-state index in [2.05, 4.69) is 42.5 Å². The van der Waals surface area contributed by atoms with E-state index < -0.39 is 36.2 Å². The average molecular weight is 599 g/mol. The van der Waals surface area contributed by atoms with Gasteiger partial charge in [-0.15, -0.1) is 0 Å². The van der Waals surface area contributed by atoms with Gasteiger partial charge in [-0.3, -0.25) is 9.59 Å². The van der Waals surface area contributed by atoms with Gasteiger partial charge in [-0.25, -0.2) is 18.9 Å². The zero-order valence-electron chi connectivity index (χ0n) is 17.7. The van der Waals surface area contributed by atoms with E-state index in [-0.39, 0.29) is 24.6 Å². The molecule has 0 aliphatic carbocycles. The smallest absolute Gasteiger partial charge is 0.344 e. The maximum Gasteiger partial charge on any atom is 0.344 e. The molecule has 0 aromatic heterocycles. The second kappa shape index (κ2) is 11.3. The number of esters is 1. The monoisotopic (exact) mass is 597 g/mol. The number of ether oxygens (including phenoxy) is 2. The van der Waals surface area contributed by atoms with Crippen LogP contribution >= 0.6 is 31.9 Å². The summed E-state index contributed by atoms with van der Waals surface area (Å²) in [5, 5.41) is 4.74. The molecule has 34 heavy (non-hydrogen) atoms. The van der Waals surface area contributed by atoms with E-state index in [1.165, 1.54) is 30.3 Å². The van der Waals surface area contributed by atoms with Crippen molar-refractivity contribution >= 4 is 67.4 Å². The molecule has 9 nitrogen and oxygen atoms in total. The van der Waals surface area contributed by atoms with Gasteiger partial charge in [0, 0.05) is 0 Å². The molecule has 0 saturated carbocycles. The number of imide groups is 1. The van der Waals surface area contributed by atoms with Gasteiger partial charge in [-0.1, -0.05) is 12.1 Å². The predicted octanol–water partition coefficient (Wildman–Crippen LogP) is 3.82. The Balaban J connectivity index is 1.70. The maximum atomic E-state index is 13.7. The van der Waals surface area contributed by atoms with Crippen molar-refractivity contribution in [1.29, 1.82) is 0 Å². The van der Waals surface area contributed by atoms with E-state index in [1.807, 2.05) is 0 Å². The molecule has 1 fully saturated rings. The molecule has 1 heterocycles. The van der Waals surface area contributed by atoms with E-state index in [0.717, 1.165) is 0 Å². The second-order valence-electron chi connectivity index (χ2n) is 6.81. The molecule has 0 atom stereocenters. The lowest BCUT2D eigenvalue weighted by atomic mass is 10.2. The summed E-state index contributed by atoms with van der Waals surface area (Å²) in [7, 11) is 0. The van der Waals surface area contributed by atoms with E-state index in [4.69, 9.17) is 9.47 Å². The van der Waals surface area contributed by atoms with Gasteiger partial charge >= 0.3 is 12.0 Å². The summed E-state index contributed by atoms with van der Waals surface area (Å²) in [4.78, 5) is 49.4. The van der Waals surface area contributed by atoms with Gasteiger partial charge in [-0.05, 0) is 74.7 Å². The number of amides is 4. The third kappa shape index (κ3) is 6.20. The minimum absolute atomic E-state index is 0.0531. The molecule has 2 aromatic carbocycles. The van der Waals surface area contributed by atoms with Gasteiger partial charge in [0.25, 0.3) is 5.91 Å². The molecular weight excluding hydrogens is 581 g/mol. The number of carbonyl (C=O) groups is 4. The molecule has 178 valence electrons. The molecule has 1 saturated heterocycles. The first-order valence-electron chi connectivity index (χ1n) is 9.86. The molecule has 2 N–H and O–H groups in total. The topological polar surface area (TPSA) is 114 Å². The summed E-state index contributed by atoms with van der Waals surface area (Å²) in [5.41, 5.74) is 0.404. The molecule has 12 heteroatoms. The molecule has 1 aliphatic rings. The van der Waals surface area contributed by atoms with Crippen LogP contribution in [0.3, 0.4) is 0 Å². The maximum absolute atomic E-state index is 13.7. The minimum atomic E-state index is -0.785. The van der Waals surface area contributed by atoms with Crippen molar-refractivity contribution in [2.75, 3.05) is 25.1 Å². The minimum Gasteiger partial charge on any atom is -0.480 e. The van der Waals surface area contributed by atoms with Crippen molar-refractivity contribution in [3.63, 3.8) is 0 Å². The van der Waals surface area contributed by atoms with Crippen LogP contribution in [-0.4, -0.2) is 48.5 Å². The quantitative estimate of drug-likeness (QED) is 0.271. The Hall–Kier alpha value is -3.25. The fourth-order valence-corrected chi connectivity index (χ4v) is 4.36. The van der Waals surface area contributed by atoms with Gasteiger partial charge in [0.2, 0.25) is 5.91 Å². The van der Waals surface area contributed by atoms with E-state index in [0.29, 0.717) is 25.2 Å². The molecule has 0 bridgehead atoms. The van der Waals surface area contributed by atoms with E-state index in [1.54, 1.807) is 19.1 Å². The number of rotatable bonds is 8. The van der Waals surface area contributed by atoms with Gasteiger partial charge in [-0.2, -0.15) is 0 Å². The number of hydrogen-bond donors (Lipinski definition) is 2. The van der Waals surface area contributed by atoms with Crippen LogP contribution in [0.4, 0.5) is 14.9 Å². The van der Waals surface area contributed by atoms with Crippen molar-refractivity contribution in [2.45, 2.75) is 6.92 Å². The number of halogens is 3. The number of nitrogens with zero attached hydrogens (tertiary/aromatic N) is 1. The van der Waals surface area contributed by atoms with Crippen molar-refractivity contribution in [3.8, 4) is 5.75 Å². The van der Waals surface area contributed by atoms with Crippen LogP contribution < -0.4 is 15.4 Å². The Morgan fingerprint density at radius 3 is 2.50 bits per heavy atom. The number of nitrogens with one attached hydrogen (secondary N) is 2. The summed E-state index contributed by atoms with van der Waals surface area (Å²) >= 11 is 6.69. The van der Waals surface area contributed by atoms with E-state index >= 15 is 0 Å². The van der Waals surface area contributed by atoms with Crippen molar-refractivity contribution in [3.05, 3.63) is 62.4 Å². The number of hydrogen-bond acceptors (Lipinski definition) is 6. The van der Waals surface area contributed by atoms with Crippen LogP contribution in [0.15, 0.2) is 51.0 Å². The van der Waals surface area contributed by atoms with Gasteiger partial charge in [0.05, 0.1) is 21.2 Å². The van der Waals surface area contributed by atoms with Crippen LogP contribution in [0.25, 0.3) is 6.08 Å². The van der Waals surface area contributed by atoms with Crippen LogP contribution in [0.2, 0.25) is 0 Å². The molecule has 2 aromatic rings. The van der Waals surface area contributed by atoms with Gasteiger partial charge in [0.1, 0.15) is 23.8 Å². The van der Waals surface area contributed by atoms with Crippen LogP contribution in [0.1, 0.15) is 12.5 Å².